The normalized spacial score (nSPS) is 10.7. The van der Waals surface area contributed by atoms with E-state index in [2.05, 4.69) is 15.3 Å². The smallest absolute Gasteiger partial charge is 0.360 e. The zero-order valence-corrected chi connectivity index (χ0v) is 14.0. The summed E-state index contributed by atoms with van der Waals surface area (Å²) >= 11 is 0. The van der Waals surface area contributed by atoms with Gasteiger partial charge in [-0.05, 0) is 10.5 Å². The Bertz CT molecular complexity index is 918. The fourth-order valence-electron chi connectivity index (χ4n) is 2.42. The van der Waals surface area contributed by atoms with Gasteiger partial charge in [0.25, 0.3) is 0 Å². The first-order chi connectivity index (χ1) is 12.5. The number of nitro groups is 1. The first-order valence-electron chi connectivity index (χ1n) is 7.82. The molecule has 10 heteroatoms. The molecular weight excluding hydrogens is 340 g/mol. The Hall–Kier alpha value is -3.56. The van der Waals surface area contributed by atoms with Gasteiger partial charge in [0, 0.05) is 6.92 Å². The van der Waals surface area contributed by atoms with Gasteiger partial charge >= 0.3 is 11.8 Å². The Morgan fingerprint density at radius 2 is 2.08 bits per heavy atom. The average molecular weight is 356 g/mol. The Balaban J connectivity index is 1.56. The van der Waals surface area contributed by atoms with Crippen molar-refractivity contribution in [1.82, 2.24) is 24.5 Å². The van der Waals surface area contributed by atoms with Crippen LogP contribution in [0, 0.1) is 17.0 Å². The van der Waals surface area contributed by atoms with Gasteiger partial charge in [0.15, 0.2) is 11.5 Å². The molecule has 0 spiro atoms. The predicted molar refractivity (Wildman–Crippen MR) is 89.5 cm³/mol. The van der Waals surface area contributed by atoms with Crippen LogP contribution in [0.2, 0.25) is 0 Å². The van der Waals surface area contributed by atoms with Crippen molar-refractivity contribution in [2.24, 2.45) is 0 Å². The number of nitrogens with zero attached hydrogens (tertiary/aromatic N) is 6. The number of hydrogen-bond donors (Lipinski definition) is 0. The third-order valence-corrected chi connectivity index (χ3v) is 3.70. The molecule has 0 atom stereocenters. The highest BCUT2D eigenvalue weighted by atomic mass is 16.6. The molecule has 0 aliphatic carbocycles. The van der Waals surface area contributed by atoms with Gasteiger partial charge in [-0.15, -0.1) is 5.10 Å². The Kier molecular flexibility index (Phi) is 5.02. The van der Waals surface area contributed by atoms with Gasteiger partial charge in [-0.1, -0.05) is 35.5 Å². The Labute approximate surface area is 148 Å². The Morgan fingerprint density at radius 1 is 1.31 bits per heavy atom. The largest absolute Gasteiger partial charge is 0.457 e. The molecule has 3 aromatic rings. The van der Waals surface area contributed by atoms with Crippen LogP contribution >= 0.6 is 0 Å². The minimum Gasteiger partial charge on any atom is -0.457 e. The number of imidazole rings is 1. The second kappa shape index (κ2) is 7.55. The summed E-state index contributed by atoms with van der Waals surface area (Å²) in [5.41, 5.74) is 1.11. The lowest BCUT2D eigenvalue weighted by Gasteiger charge is -2.04. The molecule has 10 nitrogen and oxygen atoms in total. The summed E-state index contributed by atoms with van der Waals surface area (Å²) in [5, 5.41) is 18.6. The van der Waals surface area contributed by atoms with Gasteiger partial charge in [-0.25, -0.2) is 19.0 Å². The quantitative estimate of drug-likeness (QED) is 0.358. The van der Waals surface area contributed by atoms with Gasteiger partial charge in [0.05, 0.1) is 12.7 Å². The fourth-order valence-corrected chi connectivity index (χ4v) is 2.42. The number of hydrogen-bond acceptors (Lipinski definition) is 7. The highest BCUT2D eigenvalue weighted by Crippen LogP contribution is 2.13. The lowest BCUT2D eigenvalue weighted by Crippen LogP contribution is -2.14. The van der Waals surface area contributed by atoms with Crippen molar-refractivity contribution in [2.75, 3.05) is 6.61 Å². The standard InChI is InChI=1S/C16H16N6O4/c1-12-17-9-15(22(24)25)21(12)7-8-26-16(23)14-11-20(19-18-14)10-13-5-3-2-4-6-13/h2-6,9,11H,7-8,10H2,1H3. The van der Waals surface area contributed by atoms with Crippen LogP contribution in [-0.2, 0) is 17.8 Å². The van der Waals surface area contributed by atoms with E-state index in [1.165, 1.54) is 21.6 Å². The summed E-state index contributed by atoms with van der Waals surface area (Å²) < 4.78 is 8.04. The molecule has 0 unspecified atom stereocenters. The van der Waals surface area contributed by atoms with E-state index in [4.69, 9.17) is 4.74 Å². The summed E-state index contributed by atoms with van der Waals surface area (Å²) in [5.74, 6) is -0.307. The number of carbonyl (C=O) groups is 1. The van der Waals surface area contributed by atoms with Gasteiger partial charge in [-0.2, -0.15) is 0 Å². The minimum atomic E-state index is -0.635. The highest BCUT2D eigenvalue weighted by Gasteiger charge is 2.18. The van der Waals surface area contributed by atoms with E-state index in [0.717, 1.165) is 5.56 Å². The monoisotopic (exact) mass is 356 g/mol. The number of aromatic nitrogens is 5. The lowest BCUT2D eigenvalue weighted by molar-refractivity contribution is -0.392. The molecule has 1 aromatic carbocycles. The van der Waals surface area contributed by atoms with E-state index >= 15 is 0 Å². The highest BCUT2D eigenvalue weighted by molar-refractivity contribution is 5.86. The van der Waals surface area contributed by atoms with Crippen molar-refractivity contribution in [3.63, 3.8) is 0 Å². The van der Waals surface area contributed by atoms with Crippen molar-refractivity contribution in [2.45, 2.75) is 20.0 Å². The summed E-state index contributed by atoms with van der Waals surface area (Å²) in [6, 6.07) is 9.64. The second-order valence-corrected chi connectivity index (χ2v) is 5.50. The summed E-state index contributed by atoms with van der Waals surface area (Å²) in [6.45, 7) is 2.22. The van der Waals surface area contributed by atoms with Crippen molar-refractivity contribution < 1.29 is 14.5 Å². The van der Waals surface area contributed by atoms with E-state index in [-0.39, 0.29) is 24.7 Å². The number of carbonyl (C=O) groups excluding carboxylic acids is 1. The third-order valence-electron chi connectivity index (χ3n) is 3.70. The molecule has 0 saturated heterocycles. The van der Waals surface area contributed by atoms with E-state index in [1.54, 1.807) is 6.92 Å². The summed E-state index contributed by atoms with van der Waals surface area (Å²) in [4.78, 5) is 26.3. The van der Waals surface area contributed by atoms with Gasteiger partial charge in [0.1, 0.15) is 19.3 Å². The van der Waals surface area contributed by atoms with Crippen LogP contribution in [0.3, 0.4) is 0 Å². The molecule has 26 heavy (non-hydrogen) atoms. The van der Waals surface area contributed by atoms with Crippen LogP contribution in [0.5, 0.6) is 0 Å². The molecule has 134 valence electrons. The molecule has 2 heterocycles. The van der Waals surface area contributed by atoms with Crippen molar-refractivity contribution in [3.8, 4) is 0 Å². The maximum atomic E-state index is 12.0. The van der Waals surface area contributed by atoms with Gasteiger partial charge in [0.2, 0.25) is 0 Å². The fraction of sp³-hybridized carbons (Fsp3) is 0.250. The molecule has 0 radical (unpaired) electrons. The maximum absolute atomic E-state index is 12.0. The van der Waals surface area contributed by atoms with Crippen LogP contribution in [-0.4, -0.2) is 42.0 Å². The van der Waals surface area contributed by atoms with Crippen molar-refractivity contribution in [1.29, 1.82) is 0 Å². The van der Waals surface area contributed by atoms with Gasteiger partial charge < -0.3 is 14.9 Å². The Morgan fingerprint density at radius 3 is 2.81 bits per heavy atom. The van der Waals surface area contributed by atoms with Gasteiger partial charge in [-0.3, -0.25) is 0 Å². The molecule has 2 aromatic heterocycles. The molecule has 0 aliphatic rings. The SMILES string of the molecule is Cc1ncc([N+](=O)[O-])n1CCOC(=O)c1cn(Cc2ccccc2)nn1. The molecule has 0 fully saturated rings. The molecule has 0 bridgehead atoms. The zero-order chi connectivity index (χ0) is 18.5. The second-order valence-electron chi connectivity index (χ2n) is 5.50. The maximum Gasteiger partial charge on any atom is 0.360 e. The zero-order valence-electron chi connectivity index (χ0n) is 14.0. The van der Waals surface area contributed by atoms with Crippen molar-refractivity contribution >= 4 is 11.8 Å². The van der Waals surface area contributed by atoms with E-state index in [0.29, 0.717) is 12.4 Å². The number of ether oxygens (including phenoxy) is 1. The number of benzene rings is 1. The number of rotatable bonds is 7. The molecule has 3 rings (SSSR count). The average Bonchev–Trinajstić information content (AvgIpc) is 3.23. The molecule has 0 aliphatic heterocycles. The first kappa shape index (κ1) is 17.3. The van der Waals surface area contributed by atoms with Crippen molar-refractivity contribution in [3.05, 3.63) is 69.9 Å². The molecular formula is C16H16N6O4. The van der Waals surface area contributed by atoms with Crippen LogP contribution in [0.4, 0.5) is 5.82 Å². The van der Waals surface area contributed by atoms with E-state index in [9.17, 15) is 14.9 Å². The summed E-state index contributed by atoms with van der Waals surface area (Å²) in [7, 11) is 0. The number of aryl methyl sites for hydroxylation is 1. The predicted octanol–water partition coefficient (Wildman–Crippen LogP) is 1.60. The molecule has 0 saturated carbocycles. The topological polar surface area (TPSA) is 118 Å². The van der Waals surface area contributed by atoms with Crippen LogP contribution < -0.4 is 0 Å². The minimum absolute atomic E-state index is 0.0393. The summed E-state index contributed by atoms with van der Waals surface area (Å²) in [6.07, 6.45) is 2.67. The molecule has 0 N–H and O–H groups in total. The van der Waals surface area contributed by atoms with E-state index in [1.807, 2.05) is 30.3 Å². The van der Waals surface area contributed by atoms with Crippen LogP contribution in [0.15, 0.2) is 42.7 Å². The number of esters is 1. The molecule has 0 amide bonds. The van der Waals surface area contributed by atoms with Crippen LogP contribution in [0.25, 0.3) is 0 Å². The van der Waals surface area contributed by atoms with E-state index < -0.39 is 10.9 Å². The lowest BCUT2D eigenvalue weighted by atomic mass is 10.2. The third kappa shape index (κ3) is 3.91. The van der Waals surface area contributed by atoms with Crippen LogP contribution in [0.1, 0.15) is 21.9 Å². The first-order valence-corrected chi connectivity index (χ1v) is 7.82.